The molecule has 1 fully saturated rings. The van der Waals surface area contributed by atoms with E-state index < -0.39 is 0 Å². The van der Waals surface area contributed by atoms with E-state index in [1.54, 1.807) is 12.4 Å². The summed E-state index contributed by atoms with van der Waals surface area (Å²) >= 11 is 9.94. The topological polar surface area (TPSA) is 75.9 Å². The SMILES string of the molecule is N[C@H]1CC[C@H](Nc2cc(-c3ccnc(NCc4ccc(Br)cc4)c3)c(Cl)cn2)CC1. The number of halogens is 2. The highest BCUT2D eigenvalue weighted by Gasteiger charge is 2.19. The molecule has 1 aliphatic rings. The molecule has 0 saturated heterocycles. The minimum Gasteiger partial charge on any atom is -0.367 e. The van der Waals surface area contributed by atoms with Crippen LogP contribution in [0.2, 0.25) is 5.02 Å². The number of benzene rings is 1. The van der Waals surface area contributed by atoms with Crippen molar-refractivity contribution >= 4 is 39.2 Å². The molecule has 4 rings (SSSR count). The number of nitrogens with two attached hydrogens (primary N) is 1. The van der Waals surface area contributed by atoms with Gasteiger partial charge >= 0.3 is 0 Å². The Morgan fingerprint density at radius 3 is 2.53 bits per heavy atom. The van der Waals surface area contributed by atoms with Crippen molar-refractivity contribution in [1.82, 2.24) is 9.97 Å². The van der Waals surface area contributed by atoms with Crippen LogP contribution >= 0.6 is 27.5 Å². The molecule has 3 aromatic rings. The van der Waals surface area contributed by atoms with Crippen LogP contribution < -0.4 is 16.4 Å². The van der Waals surface area contributed by atoms with Gasteiger partial charge in [0.15, 0.2) is 0 Å². The normalized spacial score (nSPS) is 18.8. The van der Waals surface area contributed by atoms with Crippen LogP contribution in [0.4, 0.5) is 11.6 Å². The van der Waals surface area contributed by atoms with Crippen LogP contribution in [0.15, 0.2) is 59.3 Å². The lowest BCUT2D eigenvalue weighted by Gasteiger charge is -2.27. The fraction of sp³-hybridized carbons (Fsp3) is 0.304. The first-order valence-corrected chi connectivity index (χ1v) is 11.4. The molecule has 0 radical (unpaired) electrons. The van der Waals surface area contributed by atoms with Gasteiger partial charge in [-0.05, 0) is 67.1 Å². The summed E-state index contributed by atoms with van der Waals surface area (Å²) in [5.41, 5.74) is 9.15. The van der Waals surface area contributed by atoms with Gasteiger partial charge in [0.25, 0.3) is 0 Å². The van der Waals surface area contributed by atoms with Crippen LogP contribution in [0.5, 0.6) is 0 Å². The van der Waals surface area contributed by atoms with Gasteiger partial charge in [-0.2, -0.15) is 0 Å². The fourth-order valence-electron chi connectivity index (χ4n) is 3.70. The monoisotopic (exact) mass is 485 g/mol. The standard InChI is InChI=1S/C23H25BrClN5/c24-17-3-1-15(2-4-17)13-28-22-11-16(9-10-27-22)20-12-23(29-14-21(20)25)30-19-7-5-18(26)6-8-19/h1-4,9-12,14,18-19H,5-8,13,26H2,(H,27,28)(H,29,30)/t18-,19-. The van der Waals surface area contributed by atoms with Gasteiger partial charge in [-0.25, -0.2) is 9.97 Å². The Morgan fingerprint density at radius 2 is 1.77 bits per heavy atom. The zero-order valence-electron chi connectivity index (χ0n) is 16.6. The van der Waals surface area contributed by atoms with Gasteiger partial charge < -0.3 is 16.4 Å². The molecule has 0 unspecified atom stereocenters. The van der Waals surface area contributed by atoms with E-state index in [9.17, 15) is 0 Å². The van der Waals surface area contributed by atoms with Gasteiger partial charge in [-0.15, -0.1) is 0 Å². The van der Waals surface area contributed by atoms with Crippen molar-refractivity contribution in [3.8, 4) is 11.1 Å². The first-order chi connectivity index (χ1) is 14.6. The number of anilines is 2. The third-order valence-electron chi connectivity index (χ3n) is 5.44. The van der Waals surface area contributed by atoms with E-state index in [-0.39, 0.29) is 0 Å². The minimum atomic E-state index is 0.330. The molecule has 0 bridgehead atoms. The average molecular weight is 487 g/mol. The summed E-state index contributed by atoms with van der Waals surface area (Å²) in [6.45, 7) is 0.699. The highest BCUT2D eigenvalue weighted by molar-refractivity contribution is 9.10. The minimum absolute atomic E-state index is 0.330. The summed E-state index contributed by atoms with van der Waals surface area (Å²) in [5, 5.41) is 7.55. The van der Waals surface area contributed by atoms with E-state index >= 15 is 0 Å². The Bertz CT molecular complexity index is 987. The molecule has 0 spiro atoms. The van der Waals surface area contributed by atoms with Crippen LogP contribution in [-0.2, 0) is 6.54 Å². The molecule has 30 heavy (non-hydrogen) atoms. The molecular formula is C23H25BrClN5. The van der Waals surface area contributed by atoms with Gasteiger partial charge in [0.1, 0.15) is 11.6 Å². The van der Waals surface area contributed by atoms with Crippen molar-refractivity contribution < 1.29 is 0 Å². The molecule has 5 nitrogen and oxygen atoms in total. The van der Waals surface area contributed by atoms with Crippen molar-refractivity contribution in [3.05, 3.63) is 69.9 Å². The van der Waals surface area contributed by atoms with Crippen LogP contribution in [0.25, 0.3) is 11.1 Å². The number of hydrogen-bond acceptors (Lipinski definition) is 5. The molecular weight excluding hydrogens is 462 g/mol. The quantitative estimate of drug-likeness (QED) is 0.407. The maximum Gasteiger partial charge on any atom is 0.126 e. The molecule has 0 aliphatic heterocycles. The van der Waals surface area contributed by atoms with E-state index in [1.165, 1.54) is 5.56 Å². The third-order valence-corrected chi connectivity index (χ3v) is 6.27. The maximum atomic E-state index is 6.48. The zero-order chi connectivity index (χ0) is 20.9. The Kier molecular flexibility index (Phi) is 6.87. The number of pyridine rings is 2. The first kappa shape index (κ1) is 21.1. The van der Waals surface area contributed by atoms with Crippen molar-refractivity contribution in [2.45, 2.75) is 44.3 Å². The number of rotatable bonds is 6. The summed E-state index contributed by atoms with van der Waals surface area (Å²) in [4.78, 5) is 8.92. The van der Waals surface area contributed by atoms with Crippen molar-refractivity contribution in [3.63, 3.8) is 0 Å². The second kappa shape index (κ2) is 9.77. The lowest BCUT2D eigenvalue weighted by Crippen LogP contribution is -2.33. The maximum absolute atomic E-state index is 6.48. The number of aromatic nitrogens is 2. The zero-order valence-corrected chi connectivity index (χ0v) is 19.0. The van der Waals surface area contributed by atoms with Gasteiger partial charge in [0.05, 0.1) is 5.02 Å². The Labute approximate surface area is 190 Å². The smallest absolute Gasteiger partial charge is 0.126 e. The van der Waals surface area contributed by atoms with E-state index in [0.717, 1.165) is 52.9 Å². The molecule has 1 saturated carbocycles. The largest absolute Gasteiger partial charge is 0.367 e. The number of nitrogens with one attached hydrogen (secondary N) is 2. The van der Waals surface area contributed by atoms with Gasteiger partial charge in [-0.3, -0.25) is 0 Å². The number of nitrogens with zero attached hydrogens (tertiary/aromatic N) is 2. The van der Waals surface area contributed by atoms with E-state index in [0.29, 0.717) is 23.7 Å². The lowest BCUT2D eigenvalue weighted by atomic mass is 9.92. The molecule has 4 N–H and O–H groups in total. The first-order valence-electron chi connectivity index (χ1n) is 10.2. The van der Waals surface area contributed by atoms with E-state index in [4.69, 9.17) is 17.3 Å². The van der Waals surface area contributed by atoms with Crippen LogP contribution in [-0.4, -0.2) is 22.1 Å². The van der Waals surface area contributed by atoms with Crippen molar-refractivity contribution in [2.24, 2.45) is 5.73 Å². The molecule has 2 heterocycles. The Balaban J connectivity index is 1.47. The molecule has 1 aromatic carbocycles. The van der Waals surface area contributed by atoms with Gasteiger partial charge in [0, 0.05) is 41.1 Å². The molecule has 156 valence electrons. The Morgan fingerprint density at radius 1 is 1.00 bits per heavy atom. The van der Waals surface area contributed by atoms with Gasteiger partial charge in [-0.1, -0.05) is 39.7 Å². The molecule has 0 amide bonds. The van der Waals surface area contributed by atoms with Crippen molar-refractivity contribution in [2.75, 3.05) is 10.6 Å². The summed E-state index contributed by atoms with van der Waals surface area (Å²) in [6, 6.07) is 15.0. The second-order valence-corrected chi connectivity index (χ2v) is 9.04. The second-order valence-electron chi connectivity index (χ2n) is 7.72. The summed E-state index contributed by atoms with van der Waals surface area (Å²) in [5.74, 6) is 1.65. The molecule has 7 heteroatoms. The molecule has 0 atom stereocenters. The third kappa shape index (κ3) is 5.50. The molecule has 1 aliphatic carbocycles. The average Bonchev–Trinajstić information content (AvgIpc) is 2.76. The number of hydrogen-bond donors (Lipinski definition) is 3. The summed E-state index contributed by atoms with van der Waals surface area (Å²) < 4.78 is 1.07. The lowest BCUT2D eigenvalue weighted by molar-refractivity contribution is 0.410. The van der Waals surface area contributed by atoms with Crippen molar-refractivity contribution in [1.29, 1.82) is 0 Å². The predicted molar refractivity (Wildman–Crippen MR) is 128 cm³/mol. The van der Waals surface area contributed by atoms with Crippen LogP contribution in [0.1, 0.15) is 31.2 Å². The van der Waals surface area contributed by atoms with Gasteiger partial charge in [0.2, 0.25) is 0 Å². The highest BCUT2D eigenvalue weighted by Crippen LogP contribution is 2.31. The van der Waals surface area contributed by atoms with E-state index in [1.807, 2.05) is 30.3 Å². The van der Waals surface area contributed by atoms with Crippen LogP contribution in [0.3, 0.4) is 0 Å². The Hall–Kier alpha value is -2.15. The predicted octanol–water partition coefficient (Wildman–Crippen LogP) is 5.85. The summed E-state index contributed by atoms with van der Waals surface area (Å²) in [6.07, 6.45) is 7.75. The highest BCUT2D eigenvalue weighted by atomic mass is 79.9. The summed E-state index contributed by atoms with van der Waals surface area (Å²) in [7, 11) is 0. The van der Waals surface area contributed by atoms with Crippen LogP contribution in [0, 0.1) is 0 Å². The molecule has 2 aromatic heterocycles. The van der Waals surface area contributed by atoms with E-state index in [2.05, 4.69) is 48.7 Å². The fourth-order valence-corrected chi connectivity index (χ4v) is 4.18.